The molecule has 1 N–H and O–H groups in total. The van der Waals surface area contributed by atoms with Crippen LogP contribution in [-0.2, 0) is 14.3 Å². The molecule has 228 valence electrons. The summed E-state index contributed by atoms with van der Waals surface area (Å²) in [5, 5.41) is 7.68. The minimum absolute atomic E-state index is 0.0564. The summed E-state index contributed by atoms with van der Waals surface area (Å²) in [6.07, 6.45) is -0.575. The van der Waals surface area contributed by atoms with Crippen molar-refractivity contribution in [2.24, 2.45) is 21.7 Å². The minimum atomic E-state index is -5.00. The van der Waals surface area contributed by atoms with Crippen molar-refractivity contribution in [1.82, 2.24) is 9.88 Å². The first-order chi connectivity index (χ1) is 18.9. The number of Topliss-reactive ketones (excluding diaryl/α,β-unsaturated/α-hetero) is 1. The number of halogens is 5. The van der Waals surface area contributed by atoms with Crippen molar-refractivity contribution in [3.05, 3.63) is 28.0 Å². The summed E-state index contributed by atoms with van der Waals surface area (Å²) < 4.78 is 48.0. The lowest BCUT2D eigenvalue weighted by Gasteiger charge is -2.36. The molecule has 1 aromatic rings. The highest BCUT2D eigenvalue weighted by Gasteiger charge is 2.46. The number of aliphatic imine (C=N–C) groups is 1. The molecule has 1 aromatic heterocycles. The summed E-state index contributed by atoms with van der Waals surface area (Å²) in [5.41, 5.74) is -2.51. The number of ether oxygens (including phenoxy) is 1. The first-order valence-electron chi connectivity index (χ1n) is 13.3. The SMILES string of the molecule is CCOC(=O)CC1(C)CCC(N=C(C(C=N)C(=O)N(CC(=O)c2c(Cl)cncc2Cl)CC(C)(C)C)C(F)(F)F)CC1. The van der Waals surface area contributed by atoms with Crippen LogP contribution in [-0.4, -0.2) is 71.4 Å². The summed E-state index contributed by atoms with van der Waals surface area (Å²) in [7, 11) is 0. The Kier molecular flexibility index (Phi) is 11.9. The zero-order chi connectivity index (χ0) is 31.2. The van der Waals surface area contributed by atoms with E-state index in [4.69, 9.17) is 33.3 Å². The largest absolute Gasteiger partial charge is 0.466 e. The van der Waals surface area contributed by atoms with Crippen LogP contribution in [0.3, 0.4) is 0 Å². The van der Waals surface area contributed by atoms with E-state index in [1.165, 1.54) is 12.4 Å². The monoisotopic (exact) mass is 620 g/mol. The van der Waals surface area contributed by atoms with Crippen LogP contribution in [0.15, 0.2) is 17.4 Å². The van der Waals surface area contributed by atoms with Gasteiger partial charge in [0.15, 0.2) is 5.78 Å². The van der Waals surface area contributed by atoms with Crippen molar-refractivity contribution in [3.63, 3.8) is 0 Å². The minimum Gasteiger partial charge on any atom is -0.466 e. The number of carbonyl (C=O) groups excluding carboxylic acids is 3. The molecule has 0 aliphatic heterocycles. The van der Waals surface area contributed by atoms with Gasteiger partial charge in [-0.1, -0.05) is 50.9 Å². The van der Waals surface area contributed by atoms with Gasteiger partial charge in [0.1, 0.15) is 11.6 Å². The zero-order valence-electron chi connectivity index (χ0n) is 23.9. The summed E-state index contributed by atoms with van der Waals surface area (Å²) in [6, 6.07) is -0.746. The zero-order valence-corrected chi connectivity index (χ0v) is 25.4. The second kappa shape index (κ2) is 14.1. The summed E-state index contributed by atoms with van der Waals surface area (Å²) in [6.45, 7) is 8.44. The molecule has 0 radical (unpaired) electrons. The van der Waals surface area contributed by atoms with Gasteiger partial charge in [0.2, 0.25) is 5.91 Å². The lowest BCUT2D eigenvalue weighted by atomic mass is 9.72. The molecule has 1 fully saturated rings. The smallest absolute Gasteiger partial charge is 0.430 e. The summed E-state index contributed by atoms with van der Waals surface area (Å²) in [5.74, 6) is -4.17. The number of rotatable bonds is 11. The predicted octanol–water partition coefficient (Wildman–Crippen LogP) is 6.62. The molecule has 1 unspecified atom stereocenters. The molecular formula is C28H37Cl2F3N4O4. The van der Waals surface area contributed by atoms with Gasteiger partial charge in [-0.2, -0.15) is 13.2 Å². The van der Waals surface area contributed by atoms with E-state index in [2.05, 4.69) is 9.98 Å². The standard InChI is InChI=1S/C28H37Cl2F3N4O4/c1-6-41-22(39)11-27(5)9-7-17(8-10-27)36-24(28(31,32)33)18(12-34)25(40)37(16-26(2,3)4)15-21(38)23-19(29)13-35-14-20(23)30/h12-14,17-18,34H,6-11,15-16H2,1-5H3. The number of esters is 1. The van der Waals surface area contributed by atoms with Crippen molar-refractivity contribution in [2.75, 3.05) is 19.7 Å². The Morgan fingerprint density at radius 3 is 2.22 bits per heavy atom. The summed E-state index contributed by atoms with van der Waals surface area (Å²) in [4.78, 5) is 47.5. The van der Waals surface area contributed by atoms with Gasteiger partial charge in [0.25, 0.3) is 0 Å². The number of carbonyl (C=O) groups is 3. The number of amides is 1. The molecule has 0 bridgehead atoms. The van der Waals surface area contributed by atoms with E-state index in [9.17, 15) is 27.6 Å². The van der Waals surface area contributed by atoms with Crippen LogP contribution < -0.4 is 0 Å². The third kappa shape index (κ3) is 10.1. The van der Waals surface area contributed by atoms with Crippen molar-refractivity contribution in [3.8, 4) is 0 Å². The molecule has 1 amide bonds. The van der Waals surface area contributed by atoms with Crippen molar-refractivity contribution >= 4 is 52.8 Å². The van der Waals surface area contributed by atoms with Crippen molar-refractivity contribution in [1.29, 1.82) is 5.41 Å². The summed E-state index contributed by atoms with van der Waals surface area (Å²) >= 11 is 12.2. The first kappa shape index (κ1) is 34.7. The number of alkyl halides is 3. The van der Waals surface area contributed by atoms with E-state index in [-0.39, 0.29) is 54.0 Å². The maximum Gasteiger partial charge on any atom is 0.430 e. The molecule has 1 aliphatic rings. The van der Waals surface area contributed by atoms with Crippen LogP contribution >= 0.6 is 23.2 Å². The van der Waals surface area contributed by atoms with E-state index >= 15 is 0 Å². The lowest BCUT2D eigenvalue weighted by Crippen LogP contribution is -2.49. The Bertz CT molecular complexity index is 1140. The fourth-order valence-electron chi connectivity index (χ4n) is 4.87. The number of nitrogens with one attached hydrogen (secondary N) is 1. The van der Waals surface area contributed by atoms with Crippen LogP contribution in [0.25, 0.3) is 0 Å². The molecule has 1 saturated carbocycles. The molecule has 1 aliphatic carbocycles. The molecule has 1 heterocycles. The normalized spacial score (nSPS) is 20.7. The number of nitrogens with zero attached hydrogens (tertiary/aromatic N) is 3. The van der Waals surface area contributed by atoms with E-state index in [1.807, 2.05) is 6.92 Å². The number of hydrogen-bond donors (Lipinski definition) is 1. The Labute approximate surface area is 248 Å². The molecule has 0 saturated heterocycles. The van der Waals surface area contributed by atoms with Gasteiger partial charge in [-0.3, -0.25) is 24.4 Å². The Morgan fingerprint density at radius 1 is 1.20 bits per heavy atom. The van der Waals surface area contributed by atoms with Crippen molar-refractivity contribution in [2.45, 2.75) is 78.9 Å². The van der Waals surface area contributed by atoms with E-state index in [1.54, 1.807) is 27.7 Å². The van der Waals surface area contributed by atoms with E-state index in [0.29, 0.717) is 19.1 Å². The molecule has 1 atom stereocenters. The van der Waals surface area contributed by atoms with Gasteiger partial charge < -0.3 is 15.0 Å². The maximum absolute atomic E-state index is 14.3. The van der Waals surface area contributed by atoms with Crippen molar-refractivity contribution < 1.29 is 32.3 Å². The number of aromatic nitrogens is 1. The van der Waals surface area contributed by atoms with Crippen LogP contribution in [0.1, 0.15) is 77.1 Å². The number of ketones is 1. The third-order valence-corrected chi connectivity index (χ3v) is 7.39. The highest BCUT2D eigenvalue weighted by Crippen LogP contribution is 2.41. The molecular weight excluding hydrogens is 584 g/mol. The lowest BCUT2D eigenvalue weighted by molar-refractivity contribution is -0.146. The number of hydrogen-bond acceptors (Lipinski definition) is 7. The van der Waals surface area contributed by atoms with Gasteiger partial charge in [0, 0.05) is 25.2 Å². The highest BCUT2D eigenvalue weighted by molar-refractivity contribution is 6.39. The third-order valence-electron chi connectivity index (χ3n) is 6.82. The second-order valence-corrected chi connectivity index (χ2v) is 12.7. The van der Waals surface area contributed by atoms with E-state index < -0.39 is 52.9 Å². The van der Waals surface area contributed by atoms with E-state index in [0.717, 1.165) is 4.90 Å². The first-order valence-corrected chi connectivity index (χ1v) is 14.1. The Morgan fingerprint density at radius 2 is 1.76 bits per heavy atom. The Hall–Kier alpha value is -2.53. The topological polar surface area (TPSA) is 113 Å². The quantitative estimate of drug-likeness (QED) is 0.170. The van der Waals surface area contributed by atoms with Gasteiger partial charge >= 0.3 is 12.1 Å². The Balaban J connectivity index is 2.36. The van der Waals surface area contributed by atoms with Crippen LogP contribution in [0.2, 0.25) is 10.0 Å². The van der Waals surface area contributed by atoms with Gasteiger partial charge in [-0.15, -0.1) is 0 Å². The molecule has 8 nitrogen and oxygen atoms in total. The molecule has 2 rings (SSSR count). The predicted molar refractivity (Wildman–Crippen MR) is 152 cm³/mol. The molecule has 13 heteroatoms. The fraction of sp³-hybridized carbons (Fsp3) is 0.643. The van der Waals surface area contributed by atoms with Crippen LogP contribution in [0.5, 0.6) is 0 Å². The average molecular weight is 622 g/mol. The molecule has 41 heavy (non-hydrogen) atoms. The maximum atomic E-state index is 14.3. The number of pyridine rings is 1. The van der Waals surface area contributed by atoms with Gasteiger partial charge in [-0.25, -0.2) is 0 Å². The van der Waals surface area contributed by atoms with Crippen LogP contribution in [0.4, 0.5) is 13.2 Å². The van der Waals surface area contributed by atoms with Gasteiger partial charge in [-0.05, 0) is 43.4 Å². The molecule has 0 aromatic carbocycles. The second-order valence-electron chi connectivity index (χ2n) is 11.8. The average Bonchev–Trinajstić information content (AvgIpc) is 2.83. The van der Waals surface area contributed by atoms with Crippen LogP contribution in [0, 0.1) is 22.2 Å². The molecule has 0 spiro atoms. The fourth-order valence-corrected chi connectivity index (χ4v) is 5.45. The highest BCUT2D eigenvalue weighted by atomic mass is 35.5. The van der Waals surface area contributed by atoms with Gasteiger partial charge in [0.05, 0.1) is 41.2 Å².